The maximum absolute atomic E-state index is 13.3. The Hall–Kier alpha value is -3.84. The topological polar surface area (TPSA) is 76.5 Å². The minimum absolute atomic E-state index is 0.0623. The average Bonchev–Trinajstić information content (AvgIpc) is 3.23. The number of hydrogen-bond acceptors (Lipinski definition) is 4. The third kappa shape index (κ3) is 5.81. The van der Waals surface area contributed by atoms with E-state index in [1.165, 1.54) is 0 Å². The number of para-hydroxylation sites is 3. The Bertz CT molecular complexity index is 1310. The van der Waals surface area contributed by atoms with Gasteiger partial charge in [0.2, 0.25) is 5.91 Å². The van der Waals surface area contributed by atoms with Gasteiger partial charge in [0.1, 0.15) is 18.1 Å². The van der Waals surface area contributed by atoms with Gasteiger partial charge in [-0.1, -0.05) is 41.9 Å². The van der Waals surface area contributed by atoms with Gasteiger partial charge >= 0.3 is 0 Å². The summed E-state index contributed by atoms with van der Waals surface area (Å²) in [6.07, 6.45) is 0. The van der Waals surface area contributed by atoms with Gasteiger partial charge in [0.15, 0.2) is 6.61 Å². The number of carbonyl (C=O) groups is 2. The first-order valence-corrected chi connectivity index (χ1v) is 11.8. The number of amides is 2. The van der Waals surface area contributed by atoms with E-state index in [1.54, 1.807) is 29.2 Å². The van der Waals surface area contributed by atoms with E-state index < -0.39 is 6.04 Å². The fourth-order valence-electron chi connectivity index (χ4n) is 3.95. The van der Waals surface area contributed by atoms with Crippen molar-refractivity contribution in [3.8, 4) is 5.75 Å². The molecule has 7 nitrogen and oxygen atoms in total. The molecule has 0 spiro atoms. The highest BCUT2D eigenvalue weighted by Gasteiger charge is 2.22. The Labute approximate surface area is 209 Å². The van der Waals surface area contributed by atoms with Crippen molar-refractivity contribution in [2.24, 2.45) is 0 Å². The second-order valence-corrected chi connectivity index (χ2v) is 8.49. The molecule has 1 aromatic heterocycles. The normalized spacial score (nSPS) is 11.7. The van der Waals surface area contributed by atoms with Crippen molar-refractivity contribution in [1.29, 1.82) is 0 Å². The lowest BCUT2D eigenvalue weighted by Crippen LogP contribution is -2.36. The zero-order valence-electron chi connectivity index (χ0n) is 19.6. The Morgan fingerprint density at radius 1 is 1.03 bits per heavy atom. The van der Waals surface area contributed by atoms with Crippen LogP contribution in [0.5, 0.6) is 5.75 Å². The highest BCUT2D eigenvalue weighted by molar-refractivity contribution is 6.30. The zero-order chi connectivity index (χ0) is 24.8. The number of likely N-dealkylation sites (N-methyl/N-ethyl adjacent to an activating group) is 1. The first-order chi connectivity index (χ1) is 17.0. The van der Waals surface area contributed by atoms with E-state index in [-0.39, 0.29) is 25.0 Å². The molecule has 1 N–H and O–H groups in total. The van der Waals surface area contributed by atoms with Crippen LogP contribution in [-0.2, 0) is 16.1 Å². The van der Waals surface area contributed by atoms with Crippen molar-refractivity contribution in [3.05, 3.63) is 89.7 Å². The molecule has 1 unspecified atom stereocenters. The molecule has 0 saturated heterocycles. The Balaban J connectivity index is 1.52. The summed E-state index contributed by atoms with van der Waals surface area (Å²) in [6, 6.07) is 23.6. The molecular formula is C27H27ClN4O3. The van der Waals surface area contributed by atoms with Gasteiger partial charge in [0, 0.05) is 17.3 Å². The molecule has 0 radical (unpaired) electrons. The Morgan fingerprint density at radius 3 is 2.43 bits per heavy atom. The molecule has 2 amide bonds. The Morgan fingerprint density at radius 2 is 1.71 bits per heavy atom. The van der Waals surface area contributed by atoms with Crippen LogP contribution in [0.2, 0.25) is 5.02 Å². The van der Waals surface area contributed by atoms with E-state index in [2.05, 4.69) is 5.32 Å². The molecule has 0 fully saturated rings. The van der Waals surface area contributed by atoms with E-state index in [1.807, 2.05) is 73.0 Å². The monoisotopic (exact) mass is 490 g/mol. The van der Waals surface area contributed by atoms with Crippen LogP contribution < -0.4 is 15.0 Å². The fourth-order valence-corrected chi connectivity index (χ4v) is 4.08. The predicted molar refractivity (Wildman–Crippen MR) is 138 cm³/mol. The standard InChI is InChI=1S/C27H27ClN4O3/c1-3-31(21-9-5-4-6-10-21)26(34)17-32-24-12-8-7-11-23(24)30-27(32)19(2)29-25(33)18-35-22-15-13-20(28)14-16-22/h4-16,19H,3,17-18H2,1-2H3,(H,29,33). The number of anilines is 1. The van der Waals surface area contributed by atoms with Gasteiger partial charge in [-0.25, -0.2) is 4.98 Å². The average molecular weight is 491 g/mol. The lowest BCUT2D eigenvalue weighted by atomic mass is 10.2. The van der Waals surface area contributed by atoms with Gasteiger partial charge in [-0.15, -0.1) is 0 Å². The second-order valence-electron chi connectivity index (χ2n) is 8.05. The number of benzene rings is 3. The number of imidazole rings is 1. The smallest absolute Gasteiger partial charge is 0.258 e. The summed E-state index contributed by atoms with van der Waals surface area (Å²) >= 11 is 5.89. The highest BCUT2D eigenvalue weighted by atomic mass is 35.5. The number of halogens is 1. The third-order valence-corrected chi connectivity index (χ3v) is 5.86. The van der Waals surface area contributed by atoms with Gasteiger partial charge in [-0.3, -0.25) is 9.59 Å². The molecule has 4 aromatic rings. The van der Waals surface area contributed by atoms with Gasteiger partial charge in [-0.05, 0) is 62.4 Å². The van der Waals surface area contributed by atoms with Crippen molar-refractivity contribution in [2.75, 3.05) is 18.1 Å². The maximum Gasteiger partial charge on any atom is 0.258 e. The van der Waals surface area contributed by atoms with Gasteiger partial charge in [0.25, 0.3) is 5.91 Å². The lowest BCUT2D eigenvalue weighted by Gasteiger charge is -2.23. The number of rotatable bonds is 9. The van der Waals surface area contributed by atoms with Crippen LogP contribution in [0.15, 0.2) is 78.9 Å². The van der Waals surface area contributed by atoms with E-state index in [4.69, 9.17) is 21.3 Å². The number of fused-ring (bicyclic) bond motifs is 1. The molecule has 35 heavy (non-hydrogen) atoms. The molecule has 0 saturated carbocycles. The van der Waals surface area contributed by atoms with E-state index in [0.717, 1.165) is 16.7 Å². The van der Waals surface area contributed by atoms with Gasteiger partial charge in [-0.2, -0.15) is 0 Å². The lowest BCUT2D eigenvalue weighted by molar-refractivity contribution is -0.123. The number of ether oxygens (including phenoxy) is 1. The molecule has 180 valence electrons. The van der Waals surface area contributed by atoms with Gasteiger partial charge in [0.05, 0.1) is 17.1 Å². The number of hydrogen-bond donors (Lipinski definition) is 1. The predicted octanol–water partition coefficient (Wildman–Crippen LogP) is 5.00. The van der Waals surface area contributed by atoms with Crippen LogP contribution in [0.1, 0.15) is 25.7 Å². The Kier molecular flexibility index (Phi) is 7.67. The summed E-state index contributed by atoms with van der Waals surface area (Å²) in [6.45, 7) is 4.28. The molecule has 0 aliphatic rings. The molecular weight excluding hydrogens is 464 g/mol. The van der Waals surface area contributed by atoms with E-state index >= 15 is 0 Å². The molecule has 1 atom stereocenters. The SMILES string of the molecule is CCN(C(=O)Cn1c(C(C)NC(=O)COc2ccc(Cl)cc2)nc2ccccc21)c1ccccc1. The fraction of sp³-hybridized carbons (Fsp3) is 0.222. The van der Waals surface area contributed by atoms with Crippen molar-refractivity contribution < 1.29 is 14.3 Å². The molecule has 0 aliphatic heterocycles. The molecule has 0 aliphatic carbocycles. The molecule has 8 heteroatoms. The summed E-state index contributed by atoms with van der Waals surface area (Å²) in [5.74, 6) is 0.795. The molecule has 3 aromatic carbocycles. The van der Waals surface area contributed by atoms with Crippen LogP contribution in [-0.4, -0.2) is 34.5 Å². The number of carbonyl (C=O) groups excluding carboxylic acids is 2. The molecule has 0 bridgehead atoms. The number of nitrogens with zero attached hydrogens (tertiary/aromatic N) is 3. The van der Waals surface area contributed by atoms with Crippen LogP contribution in [0.4, 0.5) is 5.69 Å². The minimum atomic E-state index is -0.441. The van der Waals surface area contributed by atoms with Crippen molar-refractivity contribution in [1.82, 2.24) is 14.9 Å². The summed E-state index contributed by atoms with van der Waals surface area (Å²) in [4.78, 5) is 32.4. The largest absolute Gasteiger partial charge is 0.484 e. The van der Waals surface area contributed by atoms with Crippen molar-refractivity contribution in [3.63, 3.8) is 0 Å². The van der Waals surface area contributed by atoms with E-state index in [0.29, 0.717) is 23.1 Å². The summed E-state index contributed by atoms with van der Waals surface area (Å²) in [7, 11) is 0. The van der Waals surface area contributed by atoms with Crippen LogP contribution in [0, 0.1) is 0 Å². The minimum Gasteiger partial charge on any atom is -0.484 e. The first-order valence-electron chi connectivity index (χ1n) is 11.4. The number of nitrogens with one attached hydrogen (secondary N) is 1. The first kappa shape index (κ1) is 24.3. The highest BCUT2D eigenvalue weighted by Crippen LogP contribution is 2.22. The third-order valence-electron chi connectivity index (χ3n) is 5.61. The van der Waals surface area contributed by atoms with Crippen molar-refractivity contribution >= 4 is 40.1 Å². The quantitative estimate of drug-likeness (QED) is 0.358. The van der Waals surface area contributed by atoms with Crippen LogP contribution in [0.3, 0.4) is 0 Å². The maximum atomic E-state index is 13.3. The molecule has 1 heterocycles. The summed E-state index contributed by atoms with van der Waals surface area (Å²) in [5.41, 5.74) is 2.43. The molecule has 4 rings (SSSR count). The van der Waals surface area contributed by atoms with Crippen molar-refractivity contribution in [2.45, 2.75) is 26.4 Å². The van der Waals surface area contributed by atoms with Crippen LogP contribution >= 0.6 is 11.6 Å². The van der Waals surface area contributed by atoms with E-state index in [9.17, 15) is 9.59 Å². The summed E-state index contributed by atoms with van der Waals surface area (Å²) < 4.78 is 7.42. The second kappa shape index (κ2) is 11.1. The number of aromatic nitrogens is 2. The van der Waals surface area contributed by atoms with Gasteiger partial charge < -0.3 is 19.5 Å². The summed E-state index contributed by atoms with van der Waals surface area (Å²) in [5, 5.41) is 3.52. The van der Waals surface area contributed by atoms with Crippen LogP contribution in [0.25, 0.3) is 11.0 Å². The zero-order valence-corrected chi connectivity index (χ0v) is 20.4.